The van der Waals surface area contributed by atoms with Crippen LogP contribution in [0.25, 0.3) is 0 Å². The third kappa shape index (κ3) is 4.71. The molecule has 2 rings (SSSR count). The largest absolute Gasteiger partial charge is 0.480 e. The summed E-state index contributed by atoms with van der Waals surface area (Å²) in [6.45, 7) is 3.98. The van der Waals surface area contributed by atoms with E-state index in [1.807, 2.05) is 49.1 Å². The van der Waals surface area contributed by atoms with Crippen LogP contribution < -0.4 is 4.90 Å². The van der Waals surface area contributed by atoms with Gasteiger partial charge in [-0.05, 0) is 38.8 Å². The fourth-order valence-corrected chi connectivity index (χ4v) is 3.38. The first-order valence-corrected chi connectivity index (χ1v) is 8.32. The van der Waals surface area contributed by atoms with Gasteiger partial charge in [-0.15, -0.1) is 0 Å². The average molecular weight is 318 g/mol. The summed E-state index contributed by atoms with van der Waals surface area (Å²) in [6, 6.07) is 9.69. The quantitative estimate of drug-likeness (QED) is 0.840. The van der Waals surface area contributed by atoms with E-state index in [0.29, 0.717) is 6.04 Å². The summed E-state index contributed by atoms with van der Waals surface area (Å²) in [5.74, 6) is -0.921. The van der Waals surface area contributed by atoms with Gasteiger partial charge in [0.25, 0.3) is 0 Å². The zero-order chi connectivity index (χ0) is 16.8. The van der Waals surface area contributed by atoms with Gasteiger partial charge < -0.3 is 14.9 Å². The minimum atomic E-state index is -0.932. The van der Waals surface area contributed by atoms with E-state index in [-0.39, 0.29) is 25.0 Å². The molecule has 0 unspecified atom stereocenters. The van der Waals surface area contributed by atoms with Crippen molar-refractivity contribution in [3.05, 3.63) is 30.3 Å². The fourth-order valence-electron chi connectivity index (χ4n) is 3.38. The highest BCUT2D eigenvalue weighted by Gasteiger charge is 2.29. The summed E-state index contributed by atoms with van der Waals surface area (Å²) in [4.78, 5) is 27.6. The molecule has 0 bridgehead atoms. The Hall–Kier alpha value is -2.04. The second-order valence-electron chi connectivity index (χ2n) is 6.42. The van der Waals surface area contributed by atoms with Crippen LogP contribution in [0, 0.1) is 0 Å². The van der Waals surface area contributed by atoms with Crippen LogP contribution in [-0.2, 0) is 9.59 Å². The van der Waals surface area contributed by atoms with Crippen molar-refractivity contribution < 1.29 is 14.7 Å². The van der Waals surface area contributed by atoms with Crippen LogP contribution in [0.1, 0.15) is 39.5 Å². The number of anilines is 1. The number of para-hydroxylation sites is 1. The molecule has 0 aromatic heterocycles. The molecular weight excluding hydrogens is 292 g/mol. The molecule has 0 aliphatic heterocycles. The molecule has 0 radical (unpaired) electrons. The number of hydrogen-bond acceptors (Lipinski definition) is 3. The Kier molecular flexibility index (Phi) is 6.02. The van der Waals surface area contributed by atoms with E-state index >= 15 is 0 Å². The number of nitrogens with zero attached hydrogens (tertiary/aromatic N) is 2. The van der Waals surface area contributed by atoms with Crippen molar-refractivity contribution in [2.45, 2.75) is 51.6 Å². The lowest BCUT2D eigenvalue weighted by Crippen LogP contribution is -2.49. The van der Waals surface area contributed by atoms with E-state index < -0.39 is 5.97 Å². The van der Waals surface area contributed by atoms with Crippen molar-refractivity contribution in [2.75, 3.05) is 18.0 Å². The Morgan fingerprint density at radius 1 is 1.13 bits per heavy atom. The highest BCUT2D eigenvalue weighted by Crippen LogP contribution is 2.25. The molecule has 1 aliphatic rings. The molecule has 126 valence electrons. The maximum atomic E-state index is 12.8. The maximum absolute atomic E-state index is 12.8. The van der Waals surface area contributed by atoms with Crippen LogP contribution in [-0.4, -0.2) is 47.1 Å². The maximum Gasteiger partial charge on any atom is 0.323 e. The van der Waals surface area contributed by atoms with Crippen molar-refractivity contribution in [2.24, 2.45) is 0 Å². The van der Waals surface area contributed by atoms with Crippen molar-refractivity contribution in [1.82, 2.24) is 4.90 Å². The number of rotatable bonds is 7. The van der Waals surface area contributed by atoms with E-state index in [1.54, 1.807) is 4.90 Å². The third-order valence-corrected chi connectivity index (χ3v) is 4.34. The normalized spacial score (nSPS) is 14.9. The molecular formula is C18H26N2O3. The lowest BCUT2D eigenvalue weighted by molar-refractivity contribution is -0.135. The highest BCUT2D eigenvalue weighted by atomic mass is 16.4. The number of amides is 1. The molecule has 5 heteroatoms. The smallest absolute Gasteiger partial charge is 0.323 e. The molecule has 0 heterocycles. The second kappa shape index (κ2) is 7.99. The molecule has 0 atom stereocenters. The summed E-state index contributed by atoms with van der Waals surface area (Å²) < 4.78 is 0. The second-order valence-corrected chi connectivity index (χ2v) is 6.42. The Morgan fingerprint density at radius 2 is 1.74 bits per heavy atom. The fraction of sp³-hybridized carbons (Fsp3) is 0.556. The molecule has 23 heavy (non-hydrogen) atoms. The number of carbonyl (C=O) groups excluding carboxylic acids is 1. The summed E-state index contributed by atoms with van der Waals surface area (Å²) in [7, 11) is 0. The van der Waals surface area contributed by atoms with E-state index in [2.05, 4.69) is 0 Å². The number of aliphatic carboxylic acids is 1. The summed E-state index contributed by atoms with van der Waals surface area (Å²) in [5.41, 5.74) is 0.762. The number of carbonyl (C=O) groups is 2. The zero-order valence-corrected chi connectivity index (χ0v) is 13.9. The van der Waals surface area contributed by atoms with Crippen LogP contribution in [0.5, 0.6) is 0 Å². The summed E-state index contributed by atoms with van der Waals surface area (Å²) in [5, 5.41) is 9.15. The minimum absolute atomic E-state index is 0.0111. The molecule has 1 saturated carbocycles. The first-order chi connectivity index (χ1) is 11.0. The molecule has 1 fully saturated rings. The predicted octanol–water partition coefficient (Wildman–Crippen LogP) is 2.76. The Labute approximate surface area is 137 Å². The molecule has 1 aromatic carbocycles. The zero-order valence-electron chi connectivity index (χ0n) is 13.9. The Morgan fingerprint density at radius 3 is 2.26 bits per heavy atom. The predicted molar refractivity (Wildman–Crippen MR) is 90.5 cm³/mol. The van der Waals surface area contributed by atoms with Gasteiger partial charge in [0.1, 0.15) is 6.54 Å². The van der Waals surface area contributed by atoms with Crippen LogP contribution >= 0.6 is 0 Å². The van der Waals surface area contributed by atoms with E-state index in [4.69, 9.17) is 5.11 Å². The minimum Gasteiger partial charge on any atom is -0.480 e. The standard InChI is InChI=1S/C18H26N2O3/c1-14(2)20(16-10-6-7-11-16)17(21)12-19(13-18(22)23)15-8-4-3-5-9-15/h3-5,8-9,14,16H,6-7,10-13H2,1-2H3,(H,22,23). The van der Waals surface area contributed by atoms with Crippen molar-refractivity contribution >= 4 is 17.6 Å². The van der Waals surface area contributed by atoms with Crippen LogP contribution in [0.2, 0.25) is 0 Å². The molecule has 1 amide bonds. The van der Waals surface area contributed by atoms with Gasteiger partial charge in [0.2, 0.25) is 5.91 Å². The van der Waals surface area contributed by atoms with Gasteiger partial charge in [0, 0.05) is 17.8 Å². The molecule has 0 spiro atoms. The number of hydrogen-bond donors (Lipinski definition) is 1. The average Bonchev–Trinajstić information content (AvgIpc) is 3.00. The first-order valence-electron chi connectivity index (χ1n) is 8.32. The van der Waals surface area contributed by atoms with Gasteiger partial charge in [-0.2, -0.15) is 0 Å². The molecule has 1 N–H and O–H groups in total. The van der Waals surface area contributed by atoms with Gasteiger partial charge in [-0.3, -0.25) is 9.59 Å². The molecule has 0 saturated heterocycles. The summed E-state index contributed by atoms with van der Waals surface area (Å²) in [6.07, 6.45) is 4.43. The number of carboxylic acid groups (broad SMARTS) is 1. The highest BCUT2D eigenvalue weighted by molar-refractivity contribution is 5.84. The molecule has 1 aromatic rings. The monoisotopic (exact) mass is 318 g/mol. The number of benzene rings is 1. The van der Waals surface area contributed by atoms with Gasteiger partial charge in [-0.25, -0.2) is 0 Å². The van der Waals surface area contributed by atoms with Gasteiger partial charge in [0.15, 0.2) is 0 Å². The van der Waals surface area contributed by atoms with Crippen molar-refractivity contribution in [3.8, 4) is 0 Å². The van der Waals surface area contributed by atoms with Gasteiger partial charge in [-0.1, -0.05) is 31.0 Å². The Bertz CT molecular complexity index is 524. The third-order valence-electron chi connectivity index (χ3n) is 4.34. The SMILES string of the molecule is CC(C)N(C(=O)CN(CC(=O)O)c1ccccc1)C1CCCC1. The Balaban J connectivity index is 2.13. The summed E-state index contributed by atoms with van der Waals surface area (Å²) >= 11 is 0. The van der Waals surface area contributed by atoms with Crippen LogP contribution in [0.15, 0.2) is 30.3 Å². The lowest BCUT2D eigenvalue weighted by atomic mass is 10.1. The van der Waals surface area contributed by atoms with Crippen LogP contribution in [0.3, 0.4) is 0 Å². The van der Waals surface area contributed by atoms with E-state index in [9.17, 15) is 9.59 Å². The van der Waals surface area contributed by atoms with Gasteiger partial charge in [0.05, 0.1) is 6.54 Å². The van der Waals surface area contributed by atoms with Gasteiger partial charge >= 0.3 is 5.97 Å². The van der Waals surface area contributed by atoms with E-state index in [1.165, 1.54) is 12.8 Å². The van der Waals surface area contributed by atoms with Crippen LogP contribution in [0.4, 0.5) is 5.69 Å². The lowest BCUT2D eigenvalue weighted by Gasteiger charge is -2.35. The first kappa shape index (κ1) is 17.3. The topological polar surface area (TPSA) is 60.9 Å². The van der Waals surface area contributed by atoms with E-state index in [0.717, 1.165) is 18.5 Å². The number of carboxylic acids is 1. The molecule has 5 nitrogen and oxygen atoms in total. The van der Waals surface area contributed by atoms with Crippen molar-refractivity contribution in [1.29, 1.82) is 0 Å². The molecule has 1 aliphatic carbocycles. The van der Waals surface area contributed by atoms with Crippen molar-refractivity contribution in [3.63, 3.8) is 0 Å².